The molecule has 3 atom stereocenters. The van der Waals surface area contributed by atoms with Crippen molar-refractivity contribution in [1.29, 1.82) is 0 Å². The monoisotopic (exact) mass is 432 g/mol. The Morgan fingerprint density at radius 3 is 2.46 bits per heavy atom. The number of amides is 2. The lowest BCUT2D eigenvalue weighted by atomic mass is 10.2. The molecule has 0 aromatic heterocycles. The predicted octanol–water partition coefficient (Wildman–Crippen LogP) is 3.75. The largest absolute Gasteiger partial charge is 0.372 e. The smallest absolute Gasteiger partial charge is 0.247 e. The van der Waals surface area contributed by atoms with Gasteiger partial charge in [0, 0.05) is 19.5 Å². The van der Waals surface area contributed by atoms with Gasteiger partial charge in [-0.25, -0.2) is 4.90 Å². The molecular weight excluding hydrogens is 415 g/mol. The molecule has 0 N–H and O–H groups in total. The molecule has 140 valence electrons. The van der Waals surface area contributed by atoms with E-state index in [-0.39, 0.29) is 30.4 Å². The SMILES string of the molecule is C[C@@H]1CN(C(=S)S[C@H]2CC(=O)N(c3ccc(Cl)c(Cl)c3)C2=O)C[C@H](C)O1. The van der Waals surface area contributed by atoms with Crippen LogP contribution in [0.2, 0.25) is 10.0 Å². The van der Waals surface area contributed by atoms with Crippen LogP contribution in [0.1, 0.15) is 20.3 Å². The van der Waals surface area contributed by atoms with Crippen LogP contribution in [0.25, 0.3) is 0 Å². The number of carbonyl (C=O) groups is 2. The van der Waals surface area contributed by atoms with Crippen LogP contribution in [0.4, 0.5) is 5.69 Å². The highest BCUT2D eigenvalue weighted by atomic mass is 35.5. The third-order valence-corrected chi connectivity index (χ3v) is 6.59. The summed E-state index contributed by atoms with van der Waals surface area (Å²) in [5.74, 6) is -0.549. The molecule has 0 bridgehead atoms. The van der Waals surface area contributed by atoms with Crippen molar-refractivity contribution < 1.29 is 14.3 Å². The van der Waals surface area contributed by atoms with Gasteiger partial charge in [-0.15, -0.1) is 0 Å². The van der Waals surface area contributed by atoms with Crippen LogP contribution in [0.3, 0.4) is 0 Å². The first-order valence-electron chi connectivity index (χ1n) is 8.19. The van der Waals surface area contributed by atoms with Gasteiger partial charge in [-0.1, -0.05) is 47.2 Å². The van der Waals surface area contributed by atoms with Crippen LogP contribution >= 0.6 is 47.2 Å². The summed E-state index contributed by atoms with van der Waals surface area (Å²) in [6.07, 6.45) is 0.260. The van der Waals surface area contributed by atoms with E-state index in [1.165, 1.54) is 17.8 Å². The Bertz CT molecular complexity index is 752. The maximum absolute atomic E-state index is 12.8. The van der Waals surface area contributed by atoms with Crippen LogP contribution in [-0.4, -0.2) is 51.6 Å². The summed E-state index contributed by atoms with van der Waals surface area (Å²) in [7, 11) is 0. The van der Waals surface area contributed by atoms with E-state index < -0.39 is 5.25 Å². The summed E-state index contributed by atoms with van der Waals surface area (Å²) in [5.41, 5.74) is 0.428. The quantitative estimate of drug-likeness (QED) is 0.523. The number of anilines is 1. The van der Waals surface area contributed by atoms with E-state index in [0.717, 1.165) is 4.90 Å². The molecule has 2 amide bonds. The van der Waals surface area contributed by atoms with Crippen molar-refractivity contribution in [3.8, 4) is 0 Å². The van der Waals surface area contributed by atoms with Crippen LogP contribution < -0.4 is 4.90 Å². The molecule has 9 heteroatoms. The Balaban J connectivity index is 1.70. The topological polar surface area (TPSA) is 49.9 Å². The second kappa shape index (κ2) is 8.02. The summed E-state index contributed by atoms with van der Waals surface area (Å²) in [5, 5.41) is 0.141. The summed E-state index contributed by atoms with van der Waals surface area (Å²) in [6.45, 7) is 5.35. The number of hydrogen-bond acceptors (Lipinski definition) is 5. The van der Waals surface area contributed by atoms with Crippen molar-refractivity contribution in [2.45, 2.75) is 37.7 Å². The van der Waals surface area contributed by atoms with Crippen LogP contribution in [0.15, 0.2) is 18.2 Å². The van der Waals surface area contributed by atoms with Crippen molar-refractivity contribution >= 4 is 69.0 Å². The van der Waals surface area contributed by atoms with E-state index in [2.05, 4.69) is 0 Å². The summed E-state index contributed by atoms with van der Waals surface area (Å²) in [6, 6.07) is 4.71. The fourth-order valence-electron chi connectivity index (χ4n) is 3.11. The number of thioether (sulfide) groups is 1. The number of benzene rings is 1. The lowest BCUT2D eigenvalue weighted by molar-refractivity contribution is -0.121. The average Bonchev–Trinajstić information content (AvgIpc) is 2.83. The van der Waals surface area contributed by atoms with Crippen molar-refractivity contribution in [3.05, 3.63) is 28.2 Å². The Morgan fingerprint density at radius 2 is 1.85 bits per heavy atom. The number of morpholine rings is 1. The number of hydrogen-bond donors (Lipinski definition) is 0. The molecular formula is C17H18Cl2N2O3S2. The van der Waals surface area contributed by atoms with E-state index in [0.29, 0.717) is 33.1 Å². The first-order chi connectivity index (χ1) is 12.3. The summed E-state index contributed by atoms with van der Waals surface area (Å²) < 4.78 is 6.33. The van der Waals surface area contributed by atoms with Gasteiger partial charge in [0.1, 0.15) is 9.57 Å². The van der Waals surface area contributed by atoms with E-state index in [4.69, 9.17) is 40.2 Å². The molecule has 2 heterocycles. The molecule has 0 aliphatic carbocycles. The van der Waals surface area contributed by atoms with Gasteiger partial charge in [0.15, 0.2) is 0 Å². The van der Waals surface area contributed by atoms with Crippen LogP contribution in [0.5, 0.6) is 0 Å². The Hall–Kier alpha value is -0.860. The minimum Gasteiger partial charge on any atom is -0.372 e. The Morgan fingerprint density at radius 1 is 1.19 bits per heavy atom. The van der Waals surface area contributed by atoms with Crippen LogP contribution in [-0.2, 0) is 14.3 Å². The van der Waals surface area contributed by atoms with Crippen molar-refractivity contribution in [1.82, 2.24) is 4.90 Å². The zero-order valence-electron chi connectivity index (χ0n) is 14.3. The van der Waals surface area contributed by atoms with E-state index in [9.17, 15) is 9.59 Å². The van der Waals surface area contributed by atoms with Gasteiger partial charge in [-0.2, -0.15) is 0 Å². The van der Waals surface area contributed by atoms with Gasteiger partial charge in [0.25, 0.3) is 0 Å². The number of ether oxygens (including phenoxy) is 1. The van der Waals surface area contributed by atoms with Crippen LogP contribution in [0, 0.1) is 0 Å². The number of nitrogens with zero attached hydrogens (tertiary/aromatic N) is 2. The summed E-state index contributed by atoms with van der Waals surface area (Å²) >= 11 is 18.7. The molecule has 2 aliphatic rings. The zero-order valence-corrected chi connectivity index (χ0v) is 17.4. The fraction of sp³-hybridized carbons (Fsp3) is 0.471. The van der Waals surface area contributed by atoms with Gasteiger partial charge in [0.05, 0.1) is 27.9 Å². The third kappa shape index (κ3) is 4.17. The number of rotatable bonds is 2. The lowest BCUT2D eigenvalue weighted by Gasteiger charge is -2.36. The molecule has 2 aliphatic heterocycles. The highest BCUT2D eigenvalue weighted by Gasteiger charge is 2.41. The van der Waals surface area contributed by atoms with E-state index in [1.54, 1.807) is 12.1 Å². The van der Waals surface area contributed by atoms with Gasteiger partial charge in [-0.05, 0) is 32.0 Å². The Kier molecular flexibility index (Phi) is 6.14. The summed E-state index contributed by atoms with van der Waals surface area (Å²) in [4.78, 5) is 28.4. The zero-order chi connectivity index (χ0) is 19.0. The molecule has 0 unspecified atom stereocenters. The lowest BCUT2D eigenvalue weighted by Crippen LogP contribution is -2.47. The molecule has 0 radical (unpaired) electrons. The van der Waals surface area contributed by atoms with Crippen molar-refractivity contribution in [2.24, 2.45) is 0 Å². The van der Waals surface area contributed by atoms with Gasteiger partial charge in [-0.3, -0.25) is 9.59 Å². The third-order valence-electron chi connectivity index (χ3n) is 4.19. The second-order valence-electron chi connectivity index (χ2n) is 6.40. The maximum atomic E-state index is 12.8. The van der Waals surface area contributed by atoms with E-state index >= 15 is 0 Å². The minimum atomic E-state index is -0.530. The molecule has 5 nitrogen and oxygen atoms in total. The van der Waals surface area contributed by atoms with Gasteiger partial charge >= 0.3 is 0 Å². The standard InChI is InChI=1S/C17H18Cl2N2O3S2/c1-9-7-20(8-10(2)24-9)17(25)26-14-6-15(22)21(16(14)23)11-3-4-12(18)13(19)5-11/h3-5,9-10,14H,6-8H2,1-2H3/t9-,10+,14-/m0/s1. The number of halogens is 2. The van der Waals surface area contributed by atoms with E-state index in [1.807, 2.05) is 18.7 Å². The Labute approximate surface area is 171 Å². The molecule has 1 aromatic rings. The number of imide groups is 1. The number of thiocarbonyl (C=S) groups is 1. The maximum Gasteiger partial charge on any atom is 0.247 e. The normalized spacial score (nSPS) is 26.5. The first kappa shape index (κ1) is 19.9. The molecule has 0 spiro atoms. The molecule has 2 fully saturated rings. The number of carbonyl (C=O) groups excluding carboxylic acids is 2. The highest BCUT2D eigenvalue weighted by molar-refractivity contribution is 8.23. The van der Waals surface area contributed by atoms with Crippen molar-refractivity contribution in [2.75, 3.05) is 18.0 Å². The van der Waals surface area contributed by atoms with Gasteiger partial charge in [0.2, 0.25) is 11.8 Å². The average molecular weight is 433 g/mol. The highest BCUT2D eigenvalue weighted by Crippen LogP contribution is 2.34. The second-order valence-corrected chi connectivity index (χ2v) is 9.06. The molecule has 1 aromatic carbocycles. The predicted molar refractivity (Wildman–Crippen MR) is 109 cm³/mol. The first-order valence-corrected chi connectivity index (χ1v) is 10.2. The molecule has 2 saturated heterocycles. The minimum absolute atomic E-state index is 0.0749. The molecule has 3 rings (SSSR count). The fourth-order valence-corrected chi connectivity index (χ4v) is 4.88. The van der Waals surface area contributed by atoms with Gasteiger partial charge < -0.3 is 9.64 Å². The van der Waals surface area contributed by atoms with Crippen molar-refractivity contribution in [3.63, 3.8) is 0 Å². The molecule has 26 heavy (non-hydrogen) atoms. The molecule has 0 saturated carbocycles.